The summed E-state index contributed by atoms with van der Waals surface area (Å²) < 4.78 is 5.74. The summed E-state index contributed by atoms with van der Waals surface area (Å²) in [5.41, 5.74) is 2.21. The van der Waals surface area contributed by atoms with Crippen molar-refractivity contribution in [1.29, 1.82) is 0 Å². The number of ether oxygens (including phenoxy) is 1. The highest BCUT2D eigenvalue weighted by atomic mass is 16.6. The Hall–Kier alpha value is -3.94. The lowest BCUT2D eigenvalue weighted by molar-refractivity contribution is -0.384. The summed E-state index contributed by atoms with van der Waals surface area (Å²) in [4.78, 5) is 22.4. The molecule has 0 aliphatic rings. The number of carbonyl (C=O) groups excluding carboxylic acids is 1. The number of hydrazone groups is 1. The van der Waals surface area contributed by atoms with Crippen molar-refractivity contribution in [2.24, 2.45) is 5.10 Å². The molecule has 3 rings (SSSR count). The summed E-state index contributed by atoms with van der Waals surface area (Å²) in [5, 5.41) is 26.1. The van der Waals surface area contributed by atoms with E-state index >= 15 is 0 Å². The first kappa shape index (κ1) is 18.8. The molecule has 0 aliphatic heterocycles. The Morgan fingerprint density at radius 2 is 1.96 bits per heavy atom. The number of hydrogen-bond acceptors (Lipinski definition) is 6. The molecule has 0 fully saturated rings. The molecule has 1 atom stereocenters. The molecule has 1 unspecified atom stereocenters. The van der Waals surface area contributed by atoms with E-state index in [2.05, 4.69) is 10.5 Å². The minimum atomic E-state index is -0.832. The van der Waals surface area contributed by atoms with Gasteiger partial charge < -0.3 is 9.84 Å². The highest BCUT2D eigenvalue weighted by Gasteiger charge is 2.15. The van der Waals surface area contributed by atoms with Crippen LogP contribution in [-0.4, -0.2) is 28.3 Å². The van der Waals surface area contributed by atoms with Gasteiger partial charge in [0.2, 0.25) is 0 Å². The van der Waals surface area contributed by atoms with E-state index in [1.54, 1.807) is 13.0 Å². The van der Waals surface area contributed by atoms with Gasteiger partial charge in [0, 0.05) is 23.1 Å². The third-order valence-electron chi connectivity index (χ3n) is 4.02. The maximum absolute atomic E-state index is 12.2. The third kappa shape index (κ3) is 4.24. The first-order valence-electron chi connectivity index (χ1n) is 8.40. The minimum Gasteiger partial charge on any atom is -0.507 e. The Labute approximate surface area is 160 Å². The van der Waals surface area contributed by atoms with Crippen molar-refractivity contribution >= 4 is 28.6 Å². The lowest BCUT2D eigenvalue weighted by atomic mass is 10.1. The van der Waals surface area contributed by atoms with Gasteiger partial charge in [0.1, 0.15) is 11.5 Å². The van der Waals surface area contributed by atoms with Gasteiger partial charge in [0.25, 0.3) is 11.6 Å². The summed E-state index contributed by atoms with van der Waals surface area (Å²) in [6.45, 7) is 1.58. The average molecular weight is 379 g/mol. The summed E-state index contributed by atoms with van der Waals surface area (Å²) in [5.74, 6) is -0.126. The number of nitrogens with zero attached hydrogens (tertiary/aromatic N) is 2. The molecular formula is C20H17N3O5. The molecule has 2 N–H and O–H groups in total. The van der Waals surface area contributed by atoms with Crippen molar-refractivity contribution in [3.05, 3.63) is 76.3 Å². The highest BCUT2D eigenvalue weighted by molar-refractivity contribution is 5.89. The zero-order valence-electron chi connectivity index (χ0n) is 14.9. The monoisotopic (exact) mass is 379 g/mol. The highest BCUT2D eigenvalue weighted by Crippen LogP contribution is 2.26. The lowest BCUT2D eigenvalue weighted by Crippen LogP contribution is -2.33. The molecule has 8 nitrogen and oxygen atoms in total. The number of nitrogens with one attached hydrogen (secondary N) is 1. The predicted molar refractivity (Wildman–Crippen MR) is 105 cm³/mol. The molecule has 0 saturated carbocycles. The van der Waals surface area contributed by atoms with Gasteiger partial charge in [-0.25, -0.2) is 5.43 Å². The zero-order valence-corrected chi connectivity index (χ0v) is 14.9. The lowest BCUT2D eigenvalue weighted by Gasteiger charge is -2.14. The van der Waals surface area contributed by atoms with Gasteiger partial charge in [-0.15, -0.1) is 0 Å². The number of carbonyl (C=O) groups is 1. The number of aromatic hydroxyl groups is 1. The normalized spacial score (nSPS) is 12.0. The van der Waals surface area contributed by atoms with E-state index in [0.29, 0.717) is 5.75 Å². The van der Waals surface area contributed by atoms with Crippen LogP contribution in [0.15, 0.2) is 65.8 Å². The molecule has 3 aromatic carbocycles. The number of non-ortho nitro benzene ring substituents is 1. The number of nitro groups is 1. The Balaban J connectivity index is 1.67. The van der Waals surface area contributed by atoms with Gasteiger partial charge in [0.05, 0.1) is 11.1 Å². The maximum Gasteiger partial charge on any atom is 0.280 e. The number of phenols is 1. The maximum atomic E-state index is 12.2. The smallest absolute Gasteiger partial charge is 0.280 e. The number of fused-ring (bicyclic) bond motifs is 1. The van der Waals surface area contributed by atoms with E-state index in [-0.39, 0.29) is 17.0 Å². The molecule has 0 spiro atoms. The fourth-order valence-electron chi connectivity index (χ4n) is 2.56. The van der Waals surface area contributed by atoms with Crippen LogP contribution in [0.5, 0.6) is 11.5 Å². The number of benzene rings is 3. The molecule has 0 radical (unpaired) electrons. The molecule has 28 heavy (non-hydrogen) atoms. The van der Waals surface area contributed by atoms with Crippen LogP contribution in [0.1, 0.15) is 12.5 Å². The van der Waals surface area contributed by atoms with Crippen molar-refractivity contribution in [2.45, 2.75) is 13.0 Å². The zero-order chi connectivity index (χ0) is 20.1. The quantitative estimate of drug-likeness (QED) is 0.387. The number of hydrogen-bond donors (Lipinski definition) is 2. The largest absolute Gasteiger partial charge is 0.507 e. The summed E-state index contributed by atoms with van der Waals surface area (Å²) in [6.07, 6.45) is 0.298. The Kier molecular flexibility index (Phi) is 5.50. The fourth-order valence-corrected chi connectivity index (χ4v) is 2.56. The first-order chi connectivity index (χ1) is 13.5. The van der Waals surface area contributed by atoms with Crippen LogP contribution in [0.2, 0.25) is 0 Å². The summed E-state index contributed by atoms with van der Waals surface area (Å²) in [6, 6.07) is 16.7. The van der Waals surface area contributed by atoms with Gasteiger partial charge >= 0.3 is 0 Å². The number of amides is 1. The minimum absolute atomic E-state index is 0.108. The SMILES string of the molecule is CC(Oc1cccc2ccccc12)C(=O)N/N=C/c1cc([N+](=O)[O-])ccc1O. The van der Waals surface area contributed by atoms with Crippen LogP contribution in [0.3, 0.4) is 0 Å². The van der Waals surface area contributed by atoms with Crippen LogP contribution in [0, 0.1) is 10.1 Å². The second kappa shape index (κ2) is 8.17. The van der Waals surface area contributed by atoms with E-state index in [1.165, 1.54) is 12.1 Å². The summed E-state index contributed by atoms with van der Waals surface area (Å²) in [7, 11) is 0. The molecule has 8 heteroatoms. The van der Waals surface area contributed by atoms with E-state index < -0.39 is 16.9 Å². The number of rotatable bonds is 6. The van der Waals surface area contributed by atoms with Crippen LogP contribution in [0.4, 0.5) is 5.69 Å². The van der Waals surface area contributed by atoms with E-state index in [9.17, 15) is 20.0 Å². The third-order valence-corrected chi connectivity index (χ3v) is 4.02. The molecule has 3 aromatic rings. The summed E-state index contributed by atoms with van der Waals surface area (Å²) >= 11 is 0. The van der Waals surface area contributed by atoms with Crippen molar-refractivity contribution < 1.29 is 19.6 Å². The molecule has 0 heterocycles. The molecule has 0 bridgehead atoms. The Morgan fingerprint density at radius 3 is 2.75 bits per heavy atom. The van der Waals surface area contributed by atoms with Crippen LogP contribution < -0.4 is 10.2 Å². The second-order valence-corrected chi connectivity index (χ2v) is 5.97. The average Bonchev–Trinajstić information content (AvgIpc) is 2.69. The van der Waals surface area contributed by atoms with E-state index in [1.807, 2.05) is 36.4 Å². The Morgan fingerprint density at radius 1 is 1.21 bits per heavy atom. The molecule has 1 amide bonds. The molecule has 142 valence electrons. The second-order valence-electron chi connectivity index (χ2n) is 5.97. The molecule has 0 aromatic heterocycles. The van der Waals surface area contributed by atoms with E-state index in [0.717, 1.165) is 23.1 Å². The number of phenolic OH excluding ortho intramolecular Hbond substituents is 1. The first-order valence-corrected chi connectivity index (χ1v) is 8.40. The molecular weight excluding hydrogens is 362 g/mol. The molecule has 0 saturated heterocycles. The van der Waals surface area contributed by atoms with Crippen molar-refractivity contribution in [2.75, 3.05) is 0 Å². The van der Waals surface area contributed by atoms with Crippen molar-refractivity contribution in [3.63, 3.8) is 0 Å². The number of nitro benzene ring substituents is 1. The Bertz CT molecular complexity index is 1060. The van der Waals surface area contributed by atoms with E-state index in [4.69, 9.17) is 4.74 Å². The van der Waals surface area contributed by atoms with Crippen molar-refractivity contribution in [3.8, 4) is 11.5 Å². The van der Waals surface area contributed by atoms with Gasteiger partial charge in [0.15, 0.2) is 6.10 Å². The van der Waals surface area contributed by atoms with Gasteiger partial charge in [-0.1, -0.05) is 36.4 Å². The fraction of sp³-hybridized carbons (Fsp3) is 0.100. The van der Waals surface area contributed by atoms with Crippen LogP contribution >= 0.6 is 0 Å². The van der Waals surface area contributed by atoms with Gasteiger partial charge in [-0.3, -0.25) is 14.9 Å². The van der Waals surface area contributed by atoms with Crippen molar-refractivity contribution in [1.82, 2.24) is 5.43 Å². The topological polar surface area (TPSA) is 114 Å². The van der Waals surface area contributed by atoms with Gasteiger partial charge in [-0.05, 0) is 24.4 Å². The van der Waals surface area contributed by atoms with Crippen LogP contribution in [0.25, 0.3) is 10.8 Å². The van der Waals surface area contributed by atoms with Gasteiger partial charge in [-0.2, -0.15) is 5.10 Å². The standard InChI is InChI=1S/C20H17N3O5/c1-13(28-19-8-4-6-14-5-2-3-7-17(14)19)20(25)22-21-12-15-11-16(23(26)27)9-10-18(15)24/h2-13,24H,1H3,(H,22,25)/b21-12+. The molecule has 0 aliphatic carbocycles. The van der Waals surface area contributed by atoms with Crippen LogP contribution in [-0.2, 0) is 4.79 Å². The predicted octanol–water partition coefficient (Wildman–Crippen LogP) is 3.37.